The van der Waals surface area contributed by atoms with Crippen LogP contribution >= 0.6 is 0 Å². The molecule has 1 aromatic heterocycles. The van der Waals surface area contributed by atoms with Gasteiger partial charge in [-0.25, -0.2) is 9.37 Å². The highest BCUT2D eigenvalue weighted by atomic mass is 19.4. The zero-order valence-corrected chi connectivity index (χ0v) is 22.0. The van der Waals surface area contributed by atoms with Crippen LogP contribution in [0.3, 0.4) is 0 Å². The van der Waals surface area contributed by atoms with Crippen molar-refractivity contribution >= 4 is 23.5 Å². The predicted octanol–water partition coefficient (Wildman–Crippen LogP) is 4.67. The number of aromatic nitrogens is 2. The molecule has 10 nitrogen and oxygen atoms in total. The minimum atomic E-state index is -4.88. The molecular weight excluding hydrogens is 550 g/mol. The Morgan fingerprint density at radius 2 is 2.05 bits per heavy atom. The summed E-state index contributed by atoms with van der Waals surface area (Å²) in [6.07, 6.45) is -2.85. The van der Waals surface area contributed by atoms with Crippen molar-refractivity contribution < 1.29 is 41.4 Å². The molecule has 0 spiro atoms. The van der Waals surface area contributed by atoms with Crippen LogP contribution in [0.25, 0.3) is 0 Å². The standard InChI is InChI=1S/C27H25F4N5O5/c1-36-13-14-5-3-7-20(22(14)25(36)38)41-24-17(27(29,30)31)12-33-26(35-24)34-19-10-18(28)16(9-21(19)39-2)23(37)32-11-15-6-4-8-40-15/h3,5,7,9-10,12,15H,4,6,8,11,13H2,1-2H3,(H,32,37)(H,33,34,35)/t15-/m0/s1. The monoisotopic (exact) mass is 575 g/mol. The topological polar surface area (TPSA) is 115 Å². The van der Waals surface area contributed by atoms with E-state index in [9.17, 15) is 27.2 Å². The molecule has 0 saturated carbocycles. The molecule has 2 amide bonds. The quantitative estimate of drug-likeness (QED) is 0.373. The van der Waals surface area contributed by atoms with Crippen molar-refractivity contribution in [2.45, 2.75) is 31.7 Å². The van der Waals surface area contributed by atoms with Gasteiger partial charge in [-0.05, 0) is 30.5 Å². The Morgan fingerprint density at radius 3 is 2.76 bits per heavy atom. The van der Waals surface area contributed by atoms with Crippen LogP contribution in [0, 0.1) is 5.82 Å². The summed E-state index contributed by atoms with van der Waals surface area (Å²) < 4.78 is 72.7. The third-order valence-corrected chi connectivity index (χ3v) is 6.64. The molecule has 0 radical (unpaired) electrons. The number of anilines is 2. The maximum Gasteiger partial charge on any atom is 0.423 e. The van der Waals surface area contributed by atoms with Crippen molar-refractivity contribution in [2.24, 2.45) is 0 Å². The SMILES string of the molecule is COc1cc(C(=O)NC[C@@H]2CCCO2)c(F)cc1Nc1ncc(C(F)(F)F)c(Oc2cccc3c2C(=O)N(C)C3)n1. The molecule has 216 valence electrons. The Hall–Kier alpha value is -4.46. The smallest absolute Gasteiger partial charge is 0.423 e. The van der Waals surface area contributed by atoms with Crippen LogP contribution in [0.2, 0.25) is 0 Å². The third kappa shape index (κ3) is 5.87. The van der Waals surface area contributed by atoms with Crippen LogP contribution in [0.15, 0.2) is 36.5 Å². The van der Waals surface area contributed by atoms with Crippen molar-refractivity contribution in [3.05, 3.63) is 64.6 Å². The molecule has 3 aromatic rings. The lowest BCUT2D eigenvalue weighted by Gasteiger charge is -2.17. The summed E-state index contributed by atoms with van der Waals surface area (Å²) in [6.45, 7) is 1.10. The molecule has 5 rings (SSSR count). The van der Waals surface area contributed by atoms with E-state index in [-0.39, 0.29) is 53.5 Å². The van der Waals surface area contributed by atoms with Gasteiger partial charge in [-0.3, -0.25) is 9.59 Å². The summed E-state index contributed by atoms with van der Waals surface area (Å²) in [4.78, 5) is 34.1. The zero-order valence-electron chi connectivity index (χ0n) is 22.0. The number of carbonyl (C=O) groups is 2. The number of ether oxygens (including phenoxy) is 3. The lowest BCUT2D eigenvalue weighted by molar-refractivity contribution is -0.139. The number of amides is 2. The zero-order chi connectivity index (χ0) is 29.3. The van der Waals surface area contributed by atoms with E-state index in [0.29, 0.717) is 18.4 Å². The molecule has 2 aliphatic rings. The fourth-order valence-corrected chi connectivity index (χ4v) is 4.58. The van der Waals surface area contributed by atoms with E-state index in [4.69, 9.17) is 14.2 Å². The van der Waals surface area contributed by atoms with Gasteiger partial charge >= 0.3 is 6.18 Å². The van der Waals surface area contributed by atoms with Crippen LogP contribution in [0.5, 0.6) is 17.4 Å². The summed E-state index contributed by atoms with van der Waals surface area (Å²) in [7, 11) is 2.84. The van der Waals surface area contributed by atoms with Gasteiger partial charge in [-0.1, -0.05) is 12.1 Å². The fraction of sp³-hybridized carbons (Fsp3) is 0.333. The number of carbonyl (C=O) groups excluding carboxylic acids is 2. The van der Waals surface area contributed by atoms with E-state index < -0.39 is 35.3 Å². The summed E-state index contributed by atoms with van der Waals surface area (Å²) in [6, 6.07) is 6.69. The van der Waals surface area contributed by atoms with Gasteiger partial charge < -0.3 is 29.7 Å². The molecule has 1 atom stereocenters. The minimum absolute atomic E-state index is 0.00847. The lowest BCUT2D eigenvalue weighted by Crippen LogP contribution is -2.32. The van der Waals surface area contributed by atoms with E-state index in [1.54, 1.807) is 19.2 Å². The van der Waals surface area contributed by atoms with Gasteiger partial charge in [0.25, 0.3) is 11.8 Å². The van der Waals surface area contributed by atoms with E-state index in [1.165, 1.54) is 18.1 Å². The summed E-state index contributed by atoms with van der Waals surface area (Å²) in [5.41, 5.74) is -0.903. The number of methoxy groups -OCH3 is 1. The summed E-state index contributed by atoms with van der Waals surface area (Å²) in [5.74, 6) is -3.34. The number of halogens is 4. The van der Waals surface area contributed by atoms with Gasteiger partial charge in [0.15, 0.2) is 0 Å². The van der Waals surface area contributed by atoms with Gasteiger partial charge in [0.2, 0.25) is 11.8 Å². The Balaban J connectivity index is 1.42. The van der Waals surface area contributed by atoms with Gasteiger partial charge in [0.05, 0.1) is 30.0 Å². The molecule has 41 heavy (non-hydrogen) atoms. The largest absolute Gasteiger partial charge is 0.495 e. The number of hydrogen-bond donors (Lipinski definition) is 2. The maximum atomic E-state index is 15.0. The fourth-order valence-electron chi connectivity index (χ4n) is 4.58. The lowest BCUT2D eigenvalue weighted by atomic mass is 10.1. The molecule has 2 N–H and O–H groups in total. The highest BCUT2D eigenvalue weighted by molar-refractivity contribution is 6.01. The second-order valence-corrected chi connectivity index (χ2v) is 9.47. The first kappa shape index (κ1) is 28.1. The van der Waals surface area contributed by atoms with Crippen molar-refractivity contribution in [1.29, 1.82) is 0 Å². The molecular formula is C27H25F4N5O5. The number of nitrogens with zero attached hydrogens (tertiary/aromatic N) is 3. The molecule has 0 bridgehead atoms. The van der Waals surface area contributed by atoms with E-state index in [0.717, 1.165) is 25.0 Å². The van der Waals surface area contributed by atoms with Gasteiger partial charge in [-0.15, -0.1) is 0 Å². The average molecular weight is 576 g/mol. The molecule has 0 unspecified atom stereocenters. The van der Waals surface area contributed by atoms with Gasteiger partial charge in [0.1, 0.15) is 22.9 Å². The van der Waals surface area contributed by atoms with Crippen molar-refractivity contribution in [2.75, 3.05) is 32.6 Å². The molecule has 2 aromatic carbocycles. The van der Waals surface area contributed by atoms with Crippen LogP contribution in [-0.2, 0) is 17.5 Å². The van der Waals surface area contributed by atoms with E-state index in [2.05, 4.69) is 20.6 Å². The molecule has 14 heteroatoms. The van der Waals surface area contributed by atoms with Gasteiger partial charge in [0, 0.05) is 39.0 Å². The first-order valence-corrected chi connectivity index (χ1v) is 12.6. The Labute approximate surface area is 231 Å². The summed E-state index contributed by atoms with van der Waals surface area (Å²) >= 11 is 0. The van der Waals surface area contributed by atoms with Gasteiger partial charge in [-0.2, -0.15) is 18.2 Å². The average Bonchev–Trinajstić information content (AvgIpc) is 3.55. The first-order valence-electron chi connectivity index (χ1n) is 12.6. The number of fused-ring (bicyclic) bond motifs is 1. The van der Waals surface area contributed by atoms with Crippen LogP contribution in [-0.4, -0.2) is 60.1 Å². The molecule has 0 aliphatic carbocycles. The van der Waals surface area contributed by atoms with Crippen molar-refractivity contribution in [1.82, 2.24) is 20.2 Å². The Bertz CT molecular complexity index is 1490. The number of rotatable bonds is 8. The van der Waals surface area contributed by atoms with Crippen LogP contribution < -0.4 is 20.1 Å². The maximum absolute atomic E-state index is 15.0. The Kier molecular flexibility index (Phi) is 7.67. The highest BCUT2D eigenvalue weighted by Gasteiger charge is 2.37. The van der Waals surface area contributed by atoms with Crippen molar-refractivity contribution in [3.63, 3.8) is 0 Å². The molecule has 1 fully saturated rings. The van der Waals surface area contributed by atoms with Crippen LogP contribution in [0.1, 0.15) is 44.7 Å². The number of hydrogen-bond acceptors (Lipinski definition) is 8. The molecule has 2 aliphatic heterocycles. The minimum Gasteiger partial charge on any atom is -0.495 e. The number of nitrogens with one attached hydrogen (secondary N) is 2. The van der Waals surface area contributed by atoms with E-state index in [1.807, 2.05) is 0 Å². The van der Waals surface area contributed by atoms with Crippen LogP contribution in [0.4, 0.5) is 29.2 Å². The third-order valence-electron chi connectivity index (χ3n) is 6.64. The second-order valence-electron chi connectivity index (χ2n) is 9.47. The summed E-state index contributed by atoms with van der Waals surface area (Å²) in [5, 5.41) is 5.24. The Morgan fingerprint density at radius 1 is 1.24 bits per heavy atom. The first-order chi connectivity index (χ1) is 19.5. The van der Waals surface area contributed by atoms with Crippen molar-refractivity contribution in [3.8, 4) is 17.4 Å². The molecule has 3 heterocycles. The number of benzene rings is 2. The second kappa shape index (κ2) is 11.2. The highest BCUT2D eigenvalue weighted by Crippen LogP contribution is 2.40. The molecule has 1 saturated heterocycles. The number of alkyl halides is 3. The predicted molar refractivity (Wildman–Crippen MR) is 137 cm³/mol. The van der Waals surface area contributed by atoms with E-state index >= 15 is 0 Å². The normalized spacial score (nSPS) is 16.5.